The van der Waals surface area contributed by atoms with Crippen LogP contribution < -0.4 is 15.0 Å². The molecule has 138 valence electrons. The zero-order valence-electron chi connectivity index (χ0n) is 15.4. The molecule has 0 aliphatic carbocycles. The van der Waals surface area contributed by atoms with Gasteiger partial charge in [0, 0.05) is 37.2 Å². The standard InChI is InChI=1S/C20H26N4O2/c1-3-10-21-20(25)16-8-11-24(12-9-16)19-13-18(22-14-23-19)15-4-6-17(26-2)7-5-15/h4-7,13-14,16H,3,8-12H2,1-2H3,(H,21,25). The highest BCUT2D eigenvalue weighted by Gasteiger charge is 2.25. The maximum Gasteiger partial charge on any atom is 0.223 e. The van der Waals surface area contributed by atoms with E-state index in [1.165, 1.54) is 0 Å². The maximum atomic E-state index is 12.1. The first-order valence-electron chi connectivity index (χ1n) is 9.20. The van der Waals surface area contributed by atoms with Gasteiger partial charge in [0.15, 0.2) is 0 Å². The van der Waals surface area contributed by atoms with Crippen molar-refractivity contribution < 1.29 is 9.53 Å². The monoisotopic (exact) mass is 354 g/mol. The first-order valence-corrected chi connectivity index (χ1v) is 9.20. The van der Waals surface area contributed by atoms with Crippen LogP contribution >= 0.6 is 0 Å². The van der Waals surface area contributed by atoms with Crippen LogP contribution in [0.4, 0.5) is 5.82 Å². The molecule has 1 saturated heterocycles. The first kappa shape index (κ1) is 18.2. The van der Waals surface area contributed by atoms with Gasteiger partial charge in [-0.2, -0.15) is 0 Å². The number of anilines is 1. The van der Waals surface area contributed by atoms with Crippen LogP contribution in [-0.2, 0) is 4.79 Å². The summed E-state index contributed by atoms with van der Waals surface area (Å²) in [4.78, 5) is 23.2. The topological polar surface area (TPSA) is 67.4 Å². The van der Waals surface area contributed by atoms with Crippen LogP contribution in [0.2, 0.25) is 0 Å². The highest BCUT2D eigenvalue weighted by molar-refractivity contribution is 5.79. The van der Waals surface area contributed by atoms with Gasteiger partial charge in [0.2, 0.25) is 5.91 Å². The fraction of sp³-hybridized carbons (Fsp3) is 0.450. The van der Waals surface area contributed by atoms with Gasteiger partial charge >= 0.3 is 0 Å². The minimum absolute atomic E-state index is 0.112. The second-order valence-electron chi connectivity index (χ2n) is 6.54. The van der Waals surface area contributed by atoms with E-state index in [0.717, 1.165) is 61.7 Å². The second-order valence-corrected chi connectivity index (χ2v) is 6.54. The number of piperidine rings is 1. The molecule has 2 aromatic rings. The average Bonchev–Trinajstić information content (AvgIpc) is 2.72. The summed E-state index contributed by atoms with van der Waals surface area (Å²) in [5.41, 5.74) is 1.92. The Morgan fingerprint density at radius 3 is 2.62 bits per heavy atom. The van der Waals surface area contributed by atoms with Crippen molar-refractivity contribution in [2.75, 3.05) is 31.6 Å². The lowest BCUT2D eigenvalue weighted by atomic mass is 9.96. The summed E-state index contributed by atoms with van der Waals surface area (Å²) in [5, 5.41) is 3.00. The minimum atomic E-state index is 0.112. The van der Waals surface area contributed by atoms with Gasteiger partial charge < -0.3 is 15.0 Å². The van der Waals surface area contributed by atoms with Crippen molar-refractivity contribution in [2.45, 2.75) is 26.2 Å². The lowest BCUT2D eigenvalue weighted by Crippen LogP contribution is -2.41. The van der Waals surface area contributed by atoms with Crippen molar-refractivity contribution in [2.24, 2.45) is 5.92 Å². The molecule has 1 aromatic carbocycles. The van der Waals surface area contributed by atoms with E-state index in [4.69, 9.17) is 4.74 Å². The smallest absolute Gasteiger partial charge is 0.223 e. The van der Waals surface area contributed by atoms with E-state index >= 15 is 0 Å². The number of nitrogens with one attached hydrogen (secondary N) is 1. The molecule has 6 nitrogen and oxygen atoms in total. The number of amides is 1. The Morgan fingerprint density at radius 2 is 1.96 bits per heavy atom. The number of nitrogens with zero attached hydrogens (tertiary/aromatic N) is 3. The van der Waals surface area contributed by atoms with Gasteiger partial charge in [0.05, 0.1) is 12.8 Å². The van der Waals surface area contributed by atoms with E-state index in [1.54, 1.807) is 13.4 Å². The average molecular weight is 354 g/mol. The number of benzene rings is 1. The molecular formula is C20H26N4O2. The third-order valence-corrected chi connectivity index (χ3v) is 4.78. The zero-order valence-corrected chi connectivity index (χ0v) is 15.4. The molecule has 1 N–H and O–H groups in total. The van der Waals surface area contributed by atoms with Gasteiger partial charge in [-0.15, -0.1) is 0 Å². The third kappa shape index (κ3) is 4.31. The summed E-state index contributed by atoms with van der Waals surface area (Å²) in [6, 6.07) is 9.86. The van der Waals surface area contributed by atoms with Gasteiger partial charge in [-0.3, -0.25) is 4.79 Å². The molecule has 3 rings (SSSR count). The van der Waals surface area contributed by atoms with Crippen LogP contribution in [0.15, 0.2) is 36.7 Å². The summed E-state index contributed by atoms with van der Waals surface area (Å²) in [7, 11) is 1.66. The Bertz CT molecular complexity index is 725. The summed E-state index contributed by atoms with van der Waals surface area (Å²) in [6.07, 6.45) is 4.30. The quantitative estimate of drug-likeness (QED) is 0.864. The number of carbonyl (C=O) groups excluding carboxylic acids is 1. The van der Waals surface area contributed by atoms with Crippen LogP contribution in [0.25, 0.3) is 11.3 Å². The molecule has 26 heavy (non-hydrogen) atoms. The summed E-state index contributed by atoms with van der Waals surface area (Å²) < 4.78 is 5.20. The third-order valence-electron chi connectivity index (χ3n) is 4.78. The van der Waals surface area contributed by atoms with Crippen molar-refractivity contribution in [3.8, 4) is 17.0 Å². The van der Waals surface area contributed by atoms with E-state index in [1.807, 2.05) is 30.3 Å². The van der Waals surface area contributed by atoms with Crippen LogP contribution in [0.3, 0.4) is 0 Å². The zero-order chi connectivity index (χ0) is 18.4. The van der Waals surface area contributed by atoms with Crippen LogP contribution in [-0.4, -0.2) is 42.6 Å². The molecule has 0 atom stereocenters. The molecule has 1 aliphatic rings. The molecule has 1 fully saturated rings. The van der Waals surface area contributed by atoms with E-state index in [0.29, 0.717) is 0 Å². The molecule has 0 spiro atoms. The summed E-state index contributed by atoms with van der Waals surface area (Å²) in [5.74, 6) is 2.04. The van der Waals surface area contributed by atoms with Crippen LogP contribution in [0.5, 0.6) is 5.75 Å². The molecule has 0 bridgehead atoms. The van der Waals surface area contributed by atoms with Crippen molar-refractivity contribution >= 4 is 11.7 Å². The second kappa shape index (κ2) is 8.65. The van der Waals surface area contributed by atoms with Gasteiger partial charge in [-0.05, 0) is 43.5 Å². The molecule has 6 heteroatoms. The molecule has 2 heterocycles. The predicted octanol–water partition coefficient (Wildman–Crippen LogP) is 2.89. The van der Waals surface area contributed by atoms with Gasteiger partial charge in [0.1, 0.15) is 17.9 Å². The number of carbonyl (C=O) groups is 1. The fourth-order valence-corrected chi connectivity index (χ4v) is 3.20. The van der Waals surface area contributed by atoms with Crippen molar-refractivity contribution in [1.82, 2.24) is 15.3 Å². The SMILES string of the molecule is CCCNC(=O)C1CCN(c2cc(-c3ccc(OC)cc3)ncn2)CC1. The van der Waals surface area contributed by atoms with E-state index < -0.39 is 0 Å². The van der Waals surface area contributed by atoms with Crippen molar-refractivity contribution in [3.63, 3.8) is 0 Å². The van der Waals surface area contributed by atoms with Gasteiger partial charge in [-0.1, -0.05) is 6.92 Å². The number of hydrogen-bond acceptors (Lipinski definition) is 5. The molecular weight excluding hydrogens is 328 g/mol. The molecule has 1 aliphatic heterocycles. The molecule has 0 unspecified atom stereocenters. The molecule has 1 amide bonds. The summed E-state index contributed by atoms with van der Waals surface area (Å²) >= 11 is 0. The van der Waals surface area contributed by atoms with Crippen molar-refractivity contribution in [3.05, 3.63) is 36.7 Å². The van der Waals surface area contributed by atoms with Gasteiger partial charge in [-0.25, -0.2) is 9.97 Å². The Morgan fingerprint density at radius 1 is 1.23 bits per heavy atom. The Kier molecular flexibility index (Phi) is 6.04. The van der Waals surface area contributed by atoms with E-state index in [2.05, 4.69) is 27.1 Å². The lowest BCUT2D eigenvalue weighted by Gasteiger charge is -2.32. The highest BCUT2D eigenvalue weighted by Crippen LogP contribution is 2.26. The Hall–Kier alpha value is -2.63. The molecule has 0 radical (unpaired) electrons. The predicted molar refractivity (Wildman–Crippen MR) is 102 cm³/mol. The van der Waals surface area contributed by atoms with Gasteiger partial charge in [0.25, 0.3) is 0 Å². The van der Waals surface area contributed by atoms with Crippen LogP contribution in [0, 0.1) is 5.92 Å². The number of hydrogen-bond donors (Lipinski definition) is 1. The number of aromatic nitrogens is 2. The number of ether oxygens (including phenoxy) is 1. The molecule has 1 aromatic heterocycles. The highest BCUT2D eigenvalue weighted by atomic mass is 16.5. The Balaban J connectivity index is 1.64. The summed E-state index contributed by atoms with van der Waals surface area (Å²) in [6.45, 7) is 4.50. The number of rotatable bonds is 6. The lowest BCUT2D eigenvalue weighted by molar-refractivity contribution is -0.125. The minimum Gasteiger partial charge on any atom is -0.497 e. The fourth-order valence-electron chi connectivity index (χ4n) is 3.20. The van der Waals surface area contributed by atoms with E-state index in [-0.39, 0.29) is 11.8 Å². The van der Waals surface area contributed by atoms with Crippen LogP contribution in [0.1, 0.15) is 26.2 Å². The molecule has 0 saturated carbocycles. The van der Waals surface area contributed by atoms with Crippen molar-refractivity contribution in [1.29, 1.82) is 0 Å². The maximum absolute atomic E-state index is 12.1. The largest absolute Gasteiger partial charge is 0.497 e. The first-order chi connectivity index (χ1) is 12.7. The Labute approximate surface area is 154 Å². The normalized spacial score (nSPS) is 14.9. The number of methoxy groups -OCH3 is 1. The van der Waals surface area contributed by atoms with E-state index in [9.17, 15) is 4.79 Å².